The Balaban J connectivity index is 1.43. The van der Waals surface area contributed by atoms with Gasteiger partial charge in [0.2, 0.25) is 0 Å². The third kappa shape index (κ3) is 5.31. The Kier molecular flexibility index (Phi) is 7.13. The molecular weight excluding hydrogens is 466 g/mol. The quantitative estimate of drug-likeness (QED) is 0.259. The van der Waals surface area contributed by atoms with Crippen LogP contribution in [0.25, 0.3) is 22.2 Å². The molecule has 0 aliphatic heterocycles. The van der Waals surface area contributed by atoms with Gasteiger partial charge in [-0.05, 0) is 69.4 Å². The minimum absolute atomic E-state index is 0.0533. The summed E-state index contributed by atoms with van der Waals surface area (Å²) in [5.41, 5.74) is 4.24. The van der Waals surface area contributed by atoms with Crippen molar-refractivity contribution in [2.75, 3.05) is 11.9 Å². The van der Waals surface area contributed by atoms with E-state index in [1.54, 1.807) is 12.5 Å². The van der Waals surface area contributed by atoms with Crippen molar-refractivity contribution in [3.8, 4) is 23.1 Å². The maximum absolute atomic E-state index is 12.1. The van der Waals surface area contributed by atoms with E-state index in [2.05, 4.69) is 32.3 Å². The Morgan fingerprint density at radius 3 is 2.70 bits per heavy atom. The Morgan fingerprint density at radius 2 is 2.05 bits per heavy atom. The molecule has 2 aromatic heterocycles. The molecule has 1 aliphatic carbocycles. The lowest BCUT2D eigenvalue weighted by atomic mass is 9.92. The summed E-state index contributed by atoms with van der Waals surface area (Å²) < 4.78 is 13.7. The normalized spacial score (nSPS) is 13.4. The second kappa shape index (κ2) is 10.8. The number of anilines is 1. The van der Waals surface area contributed by atoms with Gasteiger partial charge >= 0.3 is 6.03 Å². The second-order valence-corrected chi connectivity index (χ2v) is 9.68. The molecule has 0 radical (unpaired) electrons. The van der Waals surface area contributed by atoms with Gasteiger partial charge in [0.15, 0.2) is 5.89 Å². The first-order chi connectivity index (χ1) is 18.0. The van der Waals surface area contributed by atoms with Crippen LogP contribution in [0, 0.1) is 11.3 Å². The molecule has 1 aliphatic rings. The average molecular weight is 498 g/mol. The number of rotatable bonds is 9. The largest absolute Gasteiger partial charge is 0.494 e. The Morgan fingerprint density at radius 1 is 1.24 bits per heavy atom. The Hall–Kier alpha value is -4.25. The summed E-state index contributed by atoms with van der Waals surface area (Å²) in [7, 11) is 0. The highest BCUT2D eigenvalue weighted by Gasteiger charge is 2.28. The summed E-state index contributed by atoms with van der Waals surface area (Å²) in [6.07, 6.45) is 8.09. The molecule has 1 fully saturated rings. The smallest absolute Gasteiger partial charge is 0.319 e. The van der Waals surface area contributed by atoms with Crippen molar-refractivity contribution >= 4 is 22.6 Å². The molecule has 1 saturated carbocycles. The first-order valence-corrected chi connectivity index (χ1v) is 12.8. The fourth-order valence-corrected chi connectivity index (χ4v) is 4.73. The minimum Gasteiger partial charge on any atom is -0.494 e. The van der Waals surface area contributed by atoms with Gasteiger partial charge in [0, 0.05) is 35.6 Å². The monoisotopic (exact) mass is 497 g/mol. The third-order valence-corrected chi connectivity index (χ3v) is 6.65. The highest BCUT2D eigenvalue weighted by atomic mass is 16.5. The van der Waals surface area contributed by atoms with Gasteiger partial charge in [-0.2, -0.15) is 5.26 Å². The Bertz CT molecular complexity index is 1410. The predicted molar refractivity (Wildman–Crippen MR) is 143 cm³/mol. The van der Waals surface area contributed by atoms with E-state index in [1.165, 1.54) is 6.42 Å². The number of nitrogens with zero attached hydrogens (tertiary/aromatic N) is 3. The number of amides is 2. The van der Waals surface area contributed by atoms with E-state index < -0.39 is 0 Å². The molecule has 0 saturated heterocycles. The number of aryl methyl sites for hydroxylation is 1. The van der Waals surface area contributed by atoms with Crippen molar-refractivity contribution in [2.24, 2.45) is 0 Å². The van der Waals surface area contributed by atoms with E-state index in [0.29, 0.717) is 29.8 Å². The number of nitriles is 1. The van der Waals surface area contributed by atoms with Crippen LogP contribution in [-0.2, 0) is 6.42 Å². The highest BCUT2D eigenvalue weighted by Crippen LogP contribution is 2.43. The van der Waals surface area contributed by atoms with Gasteiger partial charge in [0.05, 0.1) is 29.6 Å². The lowest BCUT2D eigenvalue weighted by molar-refractivity contribution is 0.250. The molecule has 0 atom stereocenters. The number of nitrogens with one attached hydrogen (secondary N) is 2. The third-order valence-electron chi connectivity index (χ3n) is 6.65. The molecule has 5 rings (SSSR count). The van der Waals surface area contributed by atoms with Crippen LogP contribution in [0.2, 0.25) is 0 Å². The molecule has 2 amide bonds. The topological polar surface area (TPSA) is 105 Å². The number of hydrogen-bond acceptors (Lipinski definition) is 5. The summed E-state index contributed by atoms with van der Waals surface area (Å²) >= 11 is 0. The van der Waals surface area contributed by atoms with Gasteiger partial charge in [-0.3, -0.25) is 0 Å². The fraction of sp³-hybridized carbons (Fsp3) is 0.345. The average Bonchev–Trinajstić information content (AvgIpc) is 3.47. The lowest BCUT2D eigenvalue weighted by Crippen LogP contribution is -2.34. The number of carbonyl (C=O) groups excluding carboxylic acids is 1. The summed E-state index contributed by atoms with van der Waals surface area (Å²) in [6, 6.07) is 16.3. The van der Waals surface area contributed by atoms with E-state index in [9.17, 15) is 10.1 Å². The lowest BCUT2D eigenvalue weighted by Gasteiger charge is -2.30. The van der Waals surface area contributed by atoms with E-state index in [-0.39, 0.29) is 12.1 Å². The summed E-state index contributed by atoms with van der Waals surface area (Å²) in [5.74, 6) is 1.49. The number of urea groups is 1. The number of ether oxygens (including phenoxy) is 1. The number of hydrogen-bond donors (Lipinski definition) is 2. The molecule has 0 spiro atoms. The van der Waals surface area contributed by atoms with Crippen LogP contribution in [0.4, 0.5) is 10.5 Å². The molecule has 0 unspecified atom stereocenters. The maximum Gasteiger partial charge on any atom is 0.319 e. The second-order valence-electron chi connectivity index (χ2n) is 9.68. The van der Waals surface area contributed by atoms with Crippen LogP contribution >= 0.6 is 0 Å². The van der Waals surface area contributed by atoms with Crippen molar-refractivity contribution in [1.82, 2.24) is 14.9 Å². The zero-order chi connectivity index (χ0) is 25.8. The molecule has 0 bridgehead atoms. The summed E-state index contributed by atoms with van der Waals surface area (Å²) in [5, 5.41) is 16.8. The fourth-order valence-electron chi connectivity index (χ4n) is 4.73. The molecule has 2 heterocycles. The first kappa shape index (κ1) is 24.4. The Labute approximate surface area is 216 Å². The summed E-state index contributed by atoms with van der Waals surface area (Å²) in [4.78, 5) is 16.2. The van der Waals surface area contributed by atoms with Crippen molar-refractivity contribution in [1.29, 1.82) is 5.26 Å². The van der Waals surface area contributed by atoms with Gasteiger partial charge < -0.3 is 24.4 Å². The molecule has 2 N–H and O–H groups in total. The van der Waals surface area contributed by atoms with Crippen LogP contribution in [-0.4, -0.2) is 28.2 Å². The number of benzene rings is 2. The van der Waals surface area contributed by atoms with Crippen LogP contribution < -0.4 is 15.4 Å². The number of carbonyl (C=O) groups is 1. The minimum atomic E-state index is -0.239. The molecular formula is C29H31N5O3. The molecule has 8 nitrogen and oxygen atoms in total. The van der Waals surface area contributed by atoms with Crippen molar-refractivity contribution in [3.05, 3.63) is 66.4 Å². The van der Waals surface area contributed by atoms with Gasteiger partial charge in [-0.25, -0.2) is 9.78 Å². The van der Waals surface area contributed by atoms with Crippen LogP contribution in [0.15, 0.2) is 59.3 Å². The van der Waals surface area contributed by atoms with E-state index >= 15 is 0 Å². The zero-order valence-electron chi connectivity index (χ0n) is 21.2. The predicted octanol–water partition coefficient (Wildman–Crippen LogP) is 6.43. The van der Waals surface area contributed by atoms with Gasteiger partial charge in [0.25, 0.3) is 0 Å². The first-order valence-electron chi connectivity index (χ1n) is 12.8. The number of oxazole rings is 1. The molecule has 190 valence electrons. The maximum atomic E-state index is 12.1. The number of fused-ring (bicyclic) bond motifs is 1. The van der Waals surface area contributed by atoms with Crippen LogP contribution in [0.5, 0.6) is 5.75 Å². The molecule has 4 aromatic rings. The van der Waals surface area contributed by atoms with Crippen molar-refractivity contribution < 1.29 is 13.9 Å². The van der Waals surface area contributed by atoms with Gasteiger partial charge in [-0.15, -0.1) is 0 Å². The van der Waals surface area contributed by atoms with Crippen LogP contribution in [0.1, 0.15) is 57.0 Å². The van der Waals surface area contributed by atoms with E-state index in [4.69, 9.17) is 9.15 Å². The van der Waals surface area contributed by atoms with Crippen LogP contribution in [0.3, 0.4) is 0 Å². The standard InChI is InChI=1S/C29H31N5O3/c1-19(2)32-29(35)33-21-10-8-20(9-11-21)28-25(18-30)24-13-12-23(17-26(24)34(28)22-5-3-6-22)36-15-4-7-27-31-14-16-37-27/h8-14,16-17,19,22H,3-7,15H2,1-2H3,(H2,32,33,35). The molecule has 37 heavy (non-hydrogen) atoms. The SMILES string of the molecule is CC(C)NC(=O)Nc1ccc(-c2c(C#N)c3ccc(OCCCc4ncco4)cc3n2C2CCC2)cc1. The van der Waals surface area contributed by atoms with Crippen molar-refractivity contribution in [2.45, 2.75) is 58.0 Å². The van der Waals surface area contributed by atoms with E-state index in [0.717, 1.165) is 53.6 Å². The van der Waals surface area contributed by atoms with Crippen molar-refractivity contribution in [3.63, 3.8) is 0 Å². The van der Waals surface area contributed by atoms with Gasteiger partial charge in [0.1, 0.15) is 18.1 Å². The highest BCUT2D eigenvalue weighted by molar-refractivity contribution is 5.96. The summed E-state index contributed by atoms with van der Waals surface area (Å²) in [6.45, 7) is 4.38. The van der Waals surface area contributed by atoms with E-state index in [1.807, 2.05) is 50.2 Å². The molecule has 2 aromatic carbocycles. The zero-order valence-corrected chi connectivity index (χ0v) is 21.2. The number of aromatic nitrogens is 2. The van der Waals surface area contributed by atoms with Gasteiger partial charge in [-0.1, -0.05) is 12.1 Å². The molecule has 8 heteroatoms.